The average Bonchev–Trinajstić information content (AvgIpc) is 2.44. The first-order chi connectivity index (χ1) is 9.67. The molecule has 4 nitrogen and oxygen atoms in total. The summed E-state index contributed by atoms with van der Waals surface area (Å²) in [4.78, 5) is 8.62. The van der Waals surface area contributed by atoms with E-state index in [-0.39, 0.29) is 0 Å². The average molecular weight is 336 g/mol. The largest absolute Gasteiger partial charge is 0.473 e. The number of aromatic nitrogens is 2. The molecule has 0 atom stereocenters. The SMILES string of the molecule is CCCNc1cc(OCc2ccc(Br)cc2)nc(C)n1. The van der Waals surface area contributed by atoms with Gasteiger partial charge in [-0.15, -0.1) is 0 Å². The van der Waals surface area contributed by atoms with Crippen LogP contribution in [-0.4, -0.2) is 16.5 Å². The standard InChI is InChI=1S/C15H18BrN3O/c1-3-8-17-14-9-15(19-11(2)18-14)20-10-12-4-6-13(16)7-5-12/h4-7,9H,3,8,10H2,1-2H3,(H,17,18,19). The normalized spacial score (nSPS) is 10.3. The molecule has 0 aliphatic carbocycles. The van der Waals surface area contributed by atoms with Gasteiger partial charge in [-0.25, -0.2) is 4.98 Å². The topological polar surface area (TPSA) is 47.0 Å². The lowest BCUT2D eigenvalue weighted by molar-refractivity contribution is 0.293. The first kappa shape index (κ1) is 14.8. The lowest BCUT2D eigenvalue weighted by Crippen LogP contribution is -2.05. The fourth-order valence-electron chi connectivity index (χ4n) is 1.70. The minimum atomic E-state index is 0.497. The molecule has 0 unspecified atom stereocenters. The van der Waals surface area contributed by atoms with Gasteiger partial charge in [0.15, 0.2) is 0 Å². The Bertz CT molecular complexity index is 558. The van der Waals surface area contributed by atoms with Gasteiger partial charge in [0.05, 0.1) is 0 Å². The van der Waals surface area contributed by atoms with Crippen LogP contribution in [-0.2, 0) is 6.61 Å². The molecule has 0 amide bonds. The van der Waals surface area contributed by atoms with Gasteiger partial charge in [0.2, 0.25) is 5.88 Å². The van der Waals surface area contributed by atoms with Crippen molar-refractivity contribution in [3.8, 4) is 5.88 Å². The minimum absolute atomic E-state index is 0.497. The van der Waals surface area contributed by atoms with E-state index in [0.717, 1.165) is 28.8 Å². The summed E-state index contributed by atoms with van der Waals surface area (Å²) < 4.78 is 6.79. The summed E-state index contributed by atoms with van der Waals surface area (Å²) in [6, 6.07) is 9.88. The van der Waals surface area contributed by atoms with Gasteiger partial charge in [-0.05, 0) is 31.0 Å². The van der Waals surface area contributed by atoms with E-state index in [4.69, 9.17) is 4.74 Å². The molecule has 2 rings (SSSR count). The Hall–Kier alpha value is -1.62. The van der Waals surface area contributed by atoms with Gasteiger partial charge >= 0.3 is 0 Å². The maximum atomic E-state index is 5.73. The van der Waals surface area contributed by atoms with Crippen molar-refractivity contribution >= 4 is 21.7 Å². The number of benzene rings is 1. The van der Waals surface area contributed by atoms with Gasteiger partial charge in [-0.2, -0.15) is 4.98 Å². The number of aryl methyl sites for hydroxylation is 1. The quantitative estimate of drug-likeness (QED) is 0.868. The predicted octanol–water partition coefficient (Wildman–Crippen LogP) is 3.95. The second-order valence-electron chi connectivity index (χ2n) is 4.48. The summed E-state index contributed by atoms with van der Waals surface area (Å²) in [5, 5.41) is 3.24. The number of halogens is 1. The molecule has 1 heterocycles. The molecule has 1 aromatic heterocycles. The third-order valence-electron chi connectivity index (χ3n) is 2.67. The fraction of sp³-hybridized carbons (Fsp3) is 0.333. The molecule has 2 aromatic rings. The Labute approximate surface area is 127 Å². The maximum Gasteiger partial charge on any atom is 0.219 e. The van der Waals surface area contributed by atoms with Crippen LogP contribution in [0, 0.1) is 6.92 Å². The number of hydrogen-bond donors (Lipinski definition) is 1. The van der Waals surface area contributed by atoms with E-state index in [1.54, 1.807) is 0 Å². The Morgan fingerprint density at radius 1 is 1.20 bits per heavy atom. The van der Waals surface area contributed by atoms with Crippen LogP contribution in [0.3, 0.4) is 0 Å². The van der Waals surface area contributed by atoms with Gasteiger partial charge in [-0.3, -0.25) is 0 Å². The number of rotatable bonds is 6. The van der Waals surface area contributed by atoms with Gasteiger partial charge in [-0.1, -0.05) is 35.0 Å². The molecule has 5 heteroatoms. The fourth-order valence-corrected chi connectivity index (χ4v) is 1.96. The van der Waals surface area contributed by atoms with E-state index in [2.05, 4.69) is 38.1 Å². The number of nitrogens with zero attached hydrogens (tertiary/aromatic N) is 2. The molecule has 1 aromatic carbocycles. The molecule has 106 valence electrons. The number of nitrogens with one attached hydrogen (secondary N) is 1. The highest BCUT2D eigenvalue weighted by atomic mass is 79.9. The van der Waals surface area contributed by atoms with E-state index in [1.165, 1.54) is 0 Å². The van der Waals surface area contributed by atoms with Crippen molar-refractivity contribution in [2.24, 2.45) is 0 Å². The lowest BCUT2D eigenvalue weighted by Gasteiger charge is -2.09. The van der Waals surface area contributed by atoms with Gasteiger partial charge in [0, 0.05) is 17.1 Å². The summed E-state index contributed by atoms with van der Waals surface area (Å²) in [6.07, 6.45) is 1.05. The van der Waals surface area contributed by atoms with Crippen molar-refractivity contribution in [3.63, 3.8) is 0 Å². The highest BCUT2D eigenvalue weighted by molar-refractivity contribution is 9.10. The van der Waals surface area contributed by atoms with Crippen LogP contribution >= 0.6 is 15.9 Å². The lowest BCUT2D eigenvalue weighted by atomic mass is 10.2. The zero-order valence-corrected chi connectivity index (χ0v) is 13.3. The van der Waals surface area contributed by atoms with Gasteiger partial charge < -0.3 is 10.1 Å². The number of hydrogen-bond acceptors (Lipinski definition) is 4. The number of ether oxygens (including phenoxy) is 1. The third-order valence-corrected chi connectivity index (χ3v) is 3.20. The van der Waals surface area contributed by atoms with Gasteiger partial charge in [0.25, 0.3) is 0 Å². The highest BCUT2D eigenvalue weighted by Gasteiger charge is 2.03. The molecular formula is C15H18BrN3O. The summed E-state index contributed by atoms with van der Waals surface area (Å²) in [7, 11) is 0. The van der Waals surface area contributed by atoms with Crippen LogP contribution < -0.4 is 10.1 Å². The van der Waals surface area contributed by atoms with E-state index in [1.807, 2.05) is 37.3 Å². The Morgan fingerprint density at radius 3 is 2.65 bits per heavy atom. The predicted molar refractivity (Wildman–Crippen MR) is 84.0 cm³/mol. The first-order valence-corrected chi connectivity index (χ1v) is 7.43. The van der Waals surface area contributed by atoms with Crippen molar-refractivity contribution in [1.29, 1.82) is 0 Å². The Kier molecular flexibility index (Phi) is 5.35. The van der Waals surface area contributed by atoms with Crippen molar-refractivity contribution in [2.45, 2.75) is 26.9 Å². The molecule has 1 N–H and O–H groups in total. The maximum absolute atomic E-state index is 5.73. The molecule has 20 heavy (non-hydrogen) atoms. The van der Waals surface area contributed by atoms with E-state index in [9.17, 15) is 0 Å². The minimum Gasteiger partial charge on any atom is -0.473 e. The Morgan fingerprint density at radius 2 is 1.95 bits per heavy atom. The van der Waals surface area contributed by atoms with Crippen LogP contribution in [0.1, 0.15) is 24.7 Å². The smallest absolute Gasteiger partial charge is 0.219 e. The molecule has 0 aliphatic rings. The van der Waals surface area contributed by atoms with Crippen LogP contribution in [0.5, 0.6) is 5.88 Å². The summed E-state index contributed by atoms with van der Waals surface area (Å²) >= 11 is 3.41. The second-order valence-corrected chi connectivity index (χ2v) is 5.40. The van der Waals surface area contributed by atoms with Crippen molar-refractivity contribution in [3.05, 3.63) is 46.2 Å². The van der Waals surface area contributed by atoms with Crippen LogP contribution in [0.25, 0.3) is 0 Å². The third kappa shape index (κ3) is 4.49. The van der Waals surface area contributed by atoms with Crippen molar-refractivity contribution in [2.75, 3.05) is 11.9 Å². The zero-order valence-electron chi connectivity index (χ0n) is 11.7. The summed E-state index contributed by atoms with van der Waals surface area (Å²) in [6.45, 7) is 5.37. The van der Waals surface area contributed by atoms with E-state index >= 15 is 0 Å². The van der Waals surface area contributed by atoms with Gasteiger partial charge in [0.1, 0.15) is 18.2 Å². The highest BCUT2D eigenvalue weighted by Crippen LogP contribution is 2.16. The van der Waals surface area contributed by atoms with Crippen LogP contribution in [0.2, 0.25) is 0 Å². The monoisotopic (exact) mass is 335 g/mol. The molecule has 0 saturated heterocycles. The molecule has 0 bridgehead atoms. The van der Waals surface area contributed by atoms with Crippen molar-refractivity contribution < 1.29 is 4.74 Å². The molecule has 0 saturated carbocycles. The van der Waals surface area contributed by atoms with Crippen LogP contribution in [0.4, 0.5) is 5.82 Å². The zero-order chi connectivity index (χ0) is 14.4. The molecule has 0 spiro atoms. The summed E-state index contributed by atoms with van der Waals surface area (Å²) in [5.74, 6) is 2.11. The molecule has 0 radical (unpaired) electrons. The second kappa shape index (κ2) is 7.24. The van der Waals surface area contributed by atoms with Crippen LogP contribution in [0.15, 0.2) is 34.8 Å². The molecular weight excluding hydrogens is 318 g/mol. The molecule has 0 fully saturated rings. The Balaban J connectivity index is 2.01. The molecule has 0 aliphatic heterocycles. The van der Waals surface area contributed by atoms with E-state index < -0.39 is 0 Å². The van der Waals surface area contributed by atoms with E-state index in [0.29, 0.717) is 18.3 Å². The number of anilines is 1. The summed E-state index contributed by atoms with van der Waals surface area (Å²) in [5.41, 5.74) is 1.10. The first-order valence-electron chi connectivity index (χ1n) is 6.64. The van der Waals surface area contributed by atoms with Crippen molar-refractivity contribution in [1.82, 2.24) is 9.97 Å².